The standard InChI is InChI=1S/C16H29NO4/c1-2-3-4-5-6-7-8-9-13(18)12-15(19)17-14-10-11-21-16(14)20/h13-14,18H,2-12H2,1H3,(H,17,19)/t13-,14+/m0/s1. The topological polar surface area (TPSA) is 75.6 Å². The van der Waals surface area contributed by atoms with Gasteiger partial charge in [0, 0.05) is 6.42 Å². The highest BCUT2D eigenvalue weighted by Gasteiger charge is 2.28. The van der Waals surface area contributed by atoms with Crippen molar-refractivity contribution in [3.63, 3.8) is 0 Å². The maximum absolute atomic E-state index is 11.7. The molecule has 1 aliphatic heterocycles. The SMILES string of the molecule is CCCCCCCCC[C@H](O)CC(=O)N[C@@H]1CCOC1=O. The highest BCUT2D eigenvalue weighted by Crippen LogP contribution is 2.12. The average molecular weight is 299 g/mol. The third-order valence-electron chi connectivity index (χ3n) is 3.83. The quantitative estimate of drug-likeness (QED) is 0.453. The van der Waals surface area contributed by atoms with Gasteiger partial charge in [0.1, 0.15) is 6.04 Å². The normalized spacial score (nSPS) is 19.3. The van der Waals surface area contributed by atoms with E-state index in [9.17, 15) is 14.7 Å². The highest BCUT2D eigenvalue weighted by molar-refractivity contribution is 5.85. The number of aliphatic hydroxyl groups excluding tert-OH is 1. The number of hydrogen-bond acceptors (Lipinski definition) is 4. The van der Waals surface area contributed by atoms with Crippen molar-refractivity contribution in [2.45, 2.75) is 83.3 Å². The van der Waals surface area contributed by atoms with Crippen LogP contribution in [0.3, 0.4) is 0 Å². The lowest BCUT2D eigenvalue weighted by molar-refractivity contribution is -0.141. The Morgan fingerprint density at radius 1 is 1.29 bits per heavy atom. The summed E-state index contributed by atoms with van der Waals surface area (Å²) in [6.07, 6.45) is 8.99. The van der Waals surface area contributed by atoms with E-state index in [1.165, 1.54) is 32.1 Å². The van der Waals surface area contributed by atoms with Crippen molar-refractivity contribution in [3.05, 3.63) is 0 Å². The van der Waals surface area contributed by atoms with Gasteiger partial charge in [-0.15, -0.1) is 0 Å². The Hall–Kier alpha value is -1.10. The first-order valence-corrected chi connectivity index (χ1v) is 8.27. The molecular weight excluding hydrogens is 270 g/mol. The monoisotopic (exact) mass is 299 g/mol. The molecule has 0 aliphatic carbocycles. The third-order valence-corrected chi connectivity index (χ3v) is 3.83. The predicted molar refractivity (Wildman–Crippen MR) is 80.7 cm³/mol. The summed E-state index contributed by atoms with van der Waals surface area (Å²) in [6, 6.07) is -0.525. The number of amides is 1. The van der Waals surface area contributed by atoms with Crippen LogP contribution in [0.1, 0.15) is 71.1 Å². The molecule has 2 N–H and O–H groups in total. The molecule has 0 saturated carbocycles. The van der Waals surface area contributed by atoms with Crippen LogP contribution in [0.15, 0.2) is 0 Å². The Balaban J connectivity index is 2.00. The highest BCUT2D eigenvalue weighted by atomic mass is 16.5. The summed E-state index contributed by atoms with van der Waals surface area (Å²) in [5.74, 6) is -0.640. The van der Waals surface area contributed by atoms with Gasteiger partial charge in [-0.05, 0) is 6.42 Å². The summed E-state index contributed by atoms with van der Waals surface area (Å²) in [5, 5.41) is 12.4. The summed E-state index contributed by atoms with van der Waals surface area (Å²) >= 11 is 0. The maximum atomic E-state index is 11.7. The fourth-order valence-corrected chi connectivity index (χ4v) is 2.53. The van der Waals surface area contributed by atoms with Gasteiger partial charge in [-0.3, -0.25) is 4.79 Å². The molecule has 21 heavy (non-hydrogen) atoms. The van der Waals surface area contributed by atoms with Crippen molar-refractivity contribution in [2.75, 3.05) is 6.61 Å². The lowest BCUT2D eigenvalue weighted by Gasteiger charge is -2.12. The van der Waals surface area contributed by atoms with E-state index in [0.29, 0.717) is 19.4 Å². The molecule has 0 aromatic rings. The molecule has 2 atom stereocenters. The first-order valence-electron chi connectivity index (χ1n) is 8.27. The molecule has 0 bridgehead atoms. The molecule has 1 amide bonds. The molecule has 1 saturated heterocycles. The Bertz CT molecular complexity index is 319. The lowest BCUT2D eigenvalue weighted by Crippen LogP contribution is -2.39. The van der Waals surface area contributed by atoms with Crippen molar-refractivity contribution in [1.29, 1.82) is 0 Å². The van der Waals surface area contributed by atoms with E-state index in [4.69, 9.17) is 4.74 Å². The zero-order chi connectivity index (χ0) is 15.5. The fourth-order valence-electron chi connectivity index (χ4n) is 2.53. The Morgan fingerprint density at radius 2 is 1.95 bits per heavy atom. The van der Waals surface area contributed by atoms with E-state index >= 15 is 0 Å². The van der Waals surface area contributed by atoms with Crippen molar-refractivity contribution >= 4 is 11.9 Å². The Labute approximate surface area is 127 Å². The average Bonchev–Trinajstić information content (AvgIpc) is 2.83. The molecule has 1 heterocycles. The number of hydrogen-bond donors (Lipinski definition) is 2. The molecule has 5 nitrogen and oxygen atoms in total. The van der Waals surface area contributed by atoms with Crippen LogP contribution in [0.2, 0.25) is 0 Å². The molecule has 0 aromatic carbocycles. The van der Waals surface area contributed by atoms with Crippen molar-refractivity contribution in [1.82, 2.24) is 5.32 Å². The molecule has 0 aromatic heterocycles. The predicted octanol–water partition coefficient (Wildman–Crippen LogP) is 2.31. The number of esters is 1. The van der Waals surface area contributed by atoms with Gasteiger partial charge < -0.3 is 15.2 Å². The maximum Gasteiger partial charge on any atom is 0.328 e. The largest absolute Gasteiger partial charge is 0.464 e. The van der Waals surface area contributed by atoms with Crippen molar-refractivity contribution in [3.8, 4) is 0 Å². The van der Waals surface area contributed by atoms with Crippen LogP contribution in [0.25, 0.3) is 0 Å². The molecule has 0 unspecified atom stereocenters. The summed E-state index contributed by atoms with van der Waals surface area (Å²) in [7, 11) is 0. The van der Waals surface area contributed by atoms with Gasteiger partial charge in [0.2, 0.25) is 5.91 Å². The minimum Gasteiger partial charge on any atom is -0.464 e. The molecular formula is C16H29NO4. The molecule has 0 radical (unpaired) electrons. The van der Waals surface area contributed by atoms with E-state index in [-0.39, 0.29) is 18.3 Å². The first kappa shape index (κ1) is 18.0. The second-order valence-electron chi connectivity index (χ2n) is 5.84. The second-order valence-corrected chi connectivity index (χ2v) is 5.84. The number of carbonyl (C=O) groups is 2. The van der Waals surface area contributed by atoms with Crippen molar-refractivity contribution in [2.24, 2.45) is 0 Å². The van der Waals surface area contributed by atoms with E-state index in [2.05, 4.69) is 12.2 Å². The summed E-state index contributed by atoms with van der Waals surface area (Å²) in [4.78, 5) is 22.9. The van der Waals surface area contributed by atoms with Gasteiger partial charge in [0.05, 0.1) is 19.1 Å². The second kappa shape index (κ2) is 10.6. The van der Waals surface area contributed by atoms with Crippen LogP contribution in [-0.4, -0.2) is 35.7 Å². The Kier molecular flexibility index (Phi) is 9.06. The van der Waals surface area contributed by atoms with Crippen LogP contribution >= 0.6 is 0 Å². The summed E-state index contributed by atoms with van der Waals surface area (Å²) in [5.41, 5.74) is 0. The molecule has 1 rings (SSSR count). The third kappa shape index (κ3) is 8.05. The van der Waals surface area contributed by atoms with E-state index < -0.39 is 12.1 Å². The van der Waals surface area contributed by atoms with Gasteiger partial charge in [-0.2, -0.15) is 0 Å². The van der Waals surface area contributed by atoms with Gasteiger partial charge in [-0.1, -0.05) is 51.9 Å². The minimum atomic E-state index is -0.613. The van der Waals surface area contributed by atoms with Gasteiger partial charge >= 0.3 is 5.97 Å². The number of nitrogens with one attached hydrogen (secondary N) is 1. The number of cyclic esters (lactones) is 1. The molecule has 1 aliphatic rings. The van der Waals surface area contributed by atoms with Crippen LogP contribution < -0.4 is 5.32 Å². The number of aliphatic hydroxyl groups is 1. The van der Waals surface area contributed by atoms with E-state index in [0.717, 1.165) is 12.8 Å². The van der Waals surface area contributed by atoms with Gasteiger partial charge in [-0.25, -0.2) is 4.79 Å². The molecule has 122 valence electrons. The number of rotatable bonds is 11. The fraction of sp³-hybridized carbons (Fsp3) is 0.875. The zero-order valence-electron chi connectivity index (χ0n) is 13.1. The molecule has 5 heteroatoms. The van der Waals surface area contributed by atoms with Crippen LogP contribution in [0, 0.1) is 0 Å². The number of carbonyl (C=O) groups excluding carboxylic acids is 2. The smallest absolute Gasteiger partial charge is 0.328 e. The Morgan fingerprint density at radius 3 is 2.57 bits per heavy atom. The number of unbranched alkanes of at least 4 members (excludes halogenated alkanes) is 6. The van der Waals surface area contributed by atoms with E-state index in [1.54, 1.807) is 0 Å². The van der Waals surface area contributed by atoms with Crippen molar-refractivity contribution < 1.29 is 19.4 Å². The molecule has 1 fully saturated rings. The van der Waals surface area contributed by atoms with Gasteiger partial charge in [0.15, 0.2) is 0 Å². The van der Waals surface area contributed by atoms with Gasteiger partial charge in [0.25, 0.3) is 0 Å². The van der Waals surface area contributed by atoms with Crippen LogP contribution in [-0.2, 0) is 14.3 Å². The lowest BCUT2D eigenvalue weighted by atomic mass is 10.0. The summed E-state index contributed by atoms with van der Waals surface area (Å²) in [6.45, 7) is 2.57. The van der Waals surface area contributed by atoms with E-state index in [1.807, 2.05) is 0 Å². The minimum absolute atomic E-state index is 0.0691. The van der Waals surface area contributed by atoms with Crippen LogP contribution in [0.5, 0.6) is 0 Å². The zero-order valence-corrected chi connectivity index (χ0v) is 13.1. The number of ether oxygens (including phenoxy) is 1. The first-order chi connectivity index (χ1) is 10.1. The van der Waals surface area contributed by atoms with Crippen LogP contribution in [0.4, 0.5) is 0 Å². The molecule has 0 spiro atoms. The summed E-state index contributed by atoms with van der Waals surface area (Å²) < 4.78 is 4.77.